The Morgan fingerprint density at radius 3 is 2.67 bits per heavy atom. The van der Waals surface area contributed by atoms with E-state index in [1.807, 2.05) is 0 Å². The summed E-state index contributed by atoms with van der Waals surface area (Å²) in [5.41, 5.74) is -0.860. The van der Waals surface area contributed by atoms with Gasteiger partial charge in [-0.25, -0.2) is 4.39 Å². The van der Waals surface area contributed by atoms with E-state index in [4.69, 9.17) is 0 Å². The minimum atomic E-state index is -4.51. The molecular weight excluding hydrogens is 248 g/mol. The highest BCUT2D eigenvalue weighted by Gasteiger charge is 2.31. The molecule has 1 saturated heterocycles. The molecule has 2 nitrogen and oxygen atoms in total. The molecule has 6 heteroatoms. The van der Waals surface area contributed by atoms with E-state index >= 15 is 0 Å². The summed E-state index contributed by atoms with van der Waals surface area (Å²) < 4.78 is 50.5. The monoisotopic (exact) mass is 262 g/mol. The van der Waals surface area contributed by atoms with Gasteiger partial charge in [-0.05, 0) is 37.6 Å². The van der Waals surface area contributed by atoms with Gasteiger partial charge in [0.05, 0.1) is 11.3 Å². The van der Waals surface area contributed by atoms with Gasteiger partial charge >= 0.3 is 6.18 Å². The fourth-order valence-electron chi connectivity index (χ4n) is 2.00. The van der Waals surface area contributed by atoms with Gasteiger partial charge in [0, 0.05) is 12.6 Å². The molecule has 18 heavy (non-hydrogen) atoms. The van der Waals surface area contributed by atoms with Crippen LogP contribution in [0.4, 0.5) is 23.2 Å². The molecule has 0 saturated carbocycles. The van der Waals surface area contributed by atoms with E-state index in [-0.39, 0.29) is 11.7 Å². The molecule has 1 aliphatic rings. The first-order chi connectivity index (χ1) is 8.47. The first-order valence-corrected chi connectivity index (χ1v) is 5.81. The van der Waals surface area contributed by atoms with Crippen LogP contribution in [0.25, 0.3) is 0 Å². The van der Waals surface area contributed by atoms with Crippen LogP contribution in [-0.4, -0.2) is 19.1 Å². The topological polar surface area (TPSA) is 24.1 Å². The number of rotatable bonds is 3. The smallest absolute Gasteiger partial charge is 0.381 e. The van der Waals surface area contributed by atoms with Crippen molar-refractivity contribution in [3.8, 4) is 0 Å². The van der Waals surface area contributed by atoms with Crippen LogP contribution in [-0.2, 0) is 6.18 Å². The summed E-state index contributed by atoms with van der Waals surface area (Å²) in [5.74, 6) is -0.872. The van der Waals surface area contributed by atoms with Gasteiger partial charge in [-0.15, -0.1) is 0 Å². The van der Waals surface area contributed by atoms with Gasteiger partial charge in [0.2, 0.25) is 0 Å². The van der Waals surface area contributed by atoms with E-state index in [2.05, 4.69) is 10.6 Å². The van der Waals surface area contributed by atoms with Crippen molar-refractivity contribution in [2.24, 2.45) is 0 Å². The molecule has 1 aliphatic heterocycles. The fraction of sp³-hybridized carbons (Fsp3) is 0.500. The number of alkyl halides is 3. The number of anilines is 1. The van der Waals surface area contributed by atoms with Gasteiger partial charge in [-0.2, -0.15) is 13.2 Å². The molecule has 2 rings (SSSR count). The molecular formula is C12H14F4N2. The van der Waals surface area contributed by atoms with Crippen LogP contribution >= 0.6 is 0 Å². The van der Waals surface area contributed by atoms with Crippen LogP contribution in [0.3, 0.4) is 0 Å². The van der Waals surface area contributed by atoms with Crippen molar-refractivity contribution >= 4 is 5.69 Å². The lowest BCUT2D eigenvalue weighted by molar-refractivity contribution is -0.137. The van der Waals surface area contributed by atoms with Gasteiger partial charge in [-0.3, -0.25) is 0 Å². The predicted octanol–water partition coefficient (Wildman–Crippen LogP) is 3.01. The van der Waals surface area contributed by atoms with E-state index in [9.17, 15) is 17.6 Å². The summed E-state index contributed by atoms with van der Waals surface area (Å²) >= 11 is 0. The predicted molar refractivity (Wildman–Crippen MR) is 60.9 cm³/mol. The maximum atomic E-state index is 13.5. The molecule has 1 heterocycles. The molecule has 1 aromatic rings. The molecule has 1 fully saturated rings. The average molecular weight is 262 g/mol. The number of halogens is 4. The molecule has 0 spiro atoms. The summed E-state index contributed by atoms with van der Waals surface area (Å²) in [4.78, 5) is 0. The summed E-state index contributed by atoms with van der Waals surface area (Å²) in [6, 6.07) is 2.79. The highest BCUT2D eigenvalue weighted by Crippen LogP contribution is 2.31. The second-order valence-electron chi connectivity index (χ2n) is 4.37. The average Bonchev–Trinajstić information content (AvgIpc) is 2.79. The van der Waals surface area contributed by atoms with Gasteiger partial charge in [0.15, 0.2) is 0 Å². The Kier molecular flexibility index (Phi) is 3.75. The quantitative estimate of drug-likeness (QED) is 0.818. The second-order valence-corrected chi connectivity index (χ2v) is 4.37. The van der Waals surface area contributed by atoms with Crippen LogP contribution < -0.4 is 10.6 Å². The van der Waals surface area contributed by atoms with E-state index in [1.54, 1.807) is 0 Å². The summed E-state index contributed by atoms with van der Waals surface area (Å²) in [7, 11) is 0. The lowest BCUT2D eigenvalue weighted by Gasteiger charge is -2.14. The normalized spacial score (nSPS) is 20.1. The fourth-order valence-corrected chi connectivity index (χ4v) is 2.00. The third-order valence-electron chi connectivity index (χ3n) is 3.00. The van der Waals surface area contributed by atoms with Crippen molar-refractivity contribution in [3.05, 3.63) is 29.6 Å². The molecule has 0 bridgehead atoms. The number of hydrogen-bond acceptors (Lipinski definition) is 2. The van der Waals surface area contributed by atoms with Gasteiger partial charge in [-0.1, -0.05) is 0 Å². The van der Waals surface area contributed by atoms with Crippen molar-refractivity contribution in [2.75, 3.05) is 18.4 Å². The Hall–Kier alpha value is -1.30. The molecule has 0 aliphatic carbocycles. The first kappa shape index (κ1) is 13.1. The Labute approximate surface area is 102 Å². The zero-order chi connectivity index (χ0) is 13.2. The third kappa shape index (κ3) is 3.13. The van der Waals surface area contributed by atoms with Crippen molar-refractivity contribution in [1.29, 1.82) is 0 Å². The lowest BCUT2D eigenvalue weighted by atomic mass is 10.1. The number of nitrogens with one attached hydrogen (secondary N) is 2. The van der Waals surface area contributed by atoms with Gasteiger partial charge < -0.3 is 10.6 Å². The molecule has 1 unspecified atom stereocenters. The van der Waals surface area contributed by atoms with E-state index in [1.165, 1.54) is 0 Å². The Balaban J connectivity index is 2.01. The molecule has 0 amide bonds. The van der Waals surface area contributed by atoms with Crippen LogP contribution in [0.2, 0.25) is 0 Å². The SMILES string of the molecule is Fc1cc(C(F)(F)F)ccc1NCC1CCCN1. The Bertz CT molecular complexity index is 411. The van der Waals surface area contributed by atoms with Crippen molar-refractivity contribution in [2.45, 2.75) is 25.1 Å². The second kappa shape index (κ2) is 5.14. The number of hydrogen-bond donors (Lipinski definition) is 2. The van der Waals surface area contributed by atoms with Crippen molar-refractivity contribution in [1.82, 2.24) is 5.32 Å². The zero-order valence-electron chi connectivity index (χ0n) is 9.65. The van der Waals surface area contributed by atoms with Crippen LogP contribution in [0.15, 0.2) is 18.2 Å². The minimum absolute atomic E-state index is 0.108. The number of benzene rings is 1. The van der Waals surface area contributed by atoms with E-state index in [0.29, 0.717) is 12.6 Å². The first-order valence-electron chi connectivity index (χ1n) is 5.81. The van der Waals surface area contributed by atoms with Crippen LogP contribution in [0, 0.1) is 5.82 Å². The zero-order valence-corrected chi connectivity index (χ0v) is 9.65. The molecule has 1 aromatic carbocycles. The summed E-state index contributed by atoms with van der Waals surface area (Å²) in [6.07, 6.45) is -2.44. The van der Waals surface area contributed by atoms with E-state index in [0.717, 1.165) is 31.5 Å². The van der Waals surface area contributed by atoms with Crippen LogP contribution in [0.5, 0.6) is 0 Å². The highest BCUT2D eigenvalue weighted by atomic mass is 19.4. The van der Waals surface area contributed by atoms with Crippen molar-refractivity contribution < 1.29 is 17.6 Å². The molecule has 0 radical (unpaired) electrons. The maximum absolute atomic E-state index is 13.5. The van der Waals surface area contributed by atoms with Gasteiger partial charge in [0.1, 0.15) is 5.82 Å². The molecule has 1 atom stereocenters. The standard InChI is InChI=1S/C12H14F4N2/c13-10-6-8(12(14,15)16)3-4-11(10)18-7-9-2-1-5-17-9/h3-4,6,9,17-18H,1-2,5,7H2. The van der Waals surface area contributed by atoms with Gasteiger partial charge in [0.25, 0.3) is 0 Å². The summed E-state index contributed by atoms with van der Waals surface area (Å²) in [5, 5.41) is 6.05. The highest BCUT2D eigenvalue weighted by molar-refractivity contribution is 5.47. The van der Waals surface area contributed by atoms with Crippen LogP contribution in [0.1, 0.15) is 18.4 Å². The lowest BCUT2D eigenvalue weighted by Crippen LogP contribution is -2.29. The largest absolute Gasteiger partial charge is 0.416 e. The molecule has 100 valence electrons. The van der Waals surface area contributed by atoms with E-state index < -0.39 is 17.6 Å². The summed E-state index contributed by atoms with van der Waals surface area (Å²) in [6.45, 7) is 1.45. The Morgan fingerprint density at radius 2 is 2.11 bits per heavy atom. The molecule has 0 aromatic heterocycles. The maximum Gasteiger partial charge on any atom is 0.416 e. The molecule has 2 N–H and O–H groups in total. The van der Waals surface area contributed by atoms with Crippen molar-refractivity contribution in [3.63, 3.8) is 0 Å². The third-order valence-corrected chi connectivity index (χ3v) is 3.00. The Morgan fingerprint density at radius 1 is 1.33 bits per heavy atom. The minimum Gasteiger partial charge on any atom is -0.381 e.